The van der Waals surface area contributed by atoms with Crippen LogP contribution in [0.2, 0.25) is 0 Å². The number of nitrogens with one attached hydrogen (secondary N) is 3. The second kappa shape index (κ2) is 9.69. The van der Waals surface area contributed by atoms with Crippen molar-refractivity contribution in [1.29, 1.82) is 0 Å². The van der Waals surface area contributed by atoms with Gasteiger partial charge in [-0.15, -0.1) is 0 Å². The summed E-state index contributed by atoms with van der Waals surface area (Å²) < 4.78 is 36.1. The van der Waals surface area contributed by atoms with Gasteiger partial charge in [-0.05, 0) is 48.7 Å². The Morgan fingerprint density at radius 2 is 1.97 bits per heavy atom. The molecule has 3 rings (SSSR count). The molecule has 2 amide bonds. The molecule has 0 atom stereocenters. The molecule has 0 bridgehead atoms. The molecular weight excluding hydrogens is 422 g/mol. The van der Waals surface area contributed by atoms with Crippen LogP contribution in [-0.4, -0.2) is 40.2 Å². The quantitative estimate of drug-likeness (QED) is 0.508. The first-order valence-corrected chi connectivity index (χ1v) is 11.6. The Balaban J connectivity index is 1.47. The van der Waals surface area contributed by atoms with E-state index >= 15 is 0 Å². The topological polar surface area (TPSA) is 123 Å². The van der Waals surface area contributed by atoms with E-state index in [1.165, 1.54) is 13.2 Å². The Labute approximate surface area is 181 Å². The smallest absolute Gasteiger partial charge is 0.229 e. The van der Waals surface area contributed by atoms with Crippen LogP contribution in [0, 0.1) is 0 Å². The standard InChI is InChI=1S/C21H25N3O6S/c1-29-19-13-15(6-8-18(19)24-31(2,27)28)22-20(25)4-3-11-30-16-7-9-17-14(12-16)5-10-21(26)23-17/h6-9,12-13,24H,3-5,10-11H2,1-2H3,(H,22,25)(H,23,26). The molecule has 10 heteroatoms. The van der Waals surface area contributed by atoms with E-state index < -0.39 is 10.0 Å². The molecule has 0 unspecified atom stereocenters. The molecule has 2 aromatic rings. The van der Waals surface area contributed by atoms with Gasteiger partial charge in [0.2, 0.25) is 21.8 Å². The predicted octanol–water partition coefficient (Wildman–Crippen LogP) is 2.75. The normalized spacial score (nSPS) is 13.0. The first kappa shape index (κ1) is 22.4. The van der Waals surface area contributed by atoms with Gasteiger partial charge in [-0.1, -0.05) is 0 Å². The number of carbonyl (C=O) groups is 2. The fraction of sp³-hybridized carbons (Fsp3) is 0.333. The van der Waals surface area contributed by atoms with Gasteiger partial charge >= 0.3 is 0 Å². The van der Waals surface area contributed by atoms with Crippen molar-refractivity contribution in [2.45, 2.75) is 25.7 Å². The Morgan fingerprint density at radius 3 is 2.71 bits per heavy atom. The predicted molar refractivity (Wildman–Crippen MR) is 118 cm³/mol. The Morgan fingerprint density at radius 1 is 1.16 bits per heavy atom. The maximum atomic E-state index is 12.2. The van der Waals surface area contributed by atoms with Crippen molar-refractivity contribution >= 4 is 38.9 Å². The summed E-state index contributed by atoms with van der Waals surface area (Å²) in [6, 6.07) is 10.2. The molecule has 0 saturated carbocycles. The van der Waals surface area contributed by atoms with Gasteiger partial charge in [-0.3, -0.25) is 14.3 Å². The van der Waals surface area contributed by atoms with E-state index in [9.17, 15) is 18.0 Å². The molecule has 0 radical (unpaired) electrons. The van der Waals surface area contributed by atoms with Crippen molar-refractivity contribution in [3.63, 3.8) is 0 Å². The highest BCUT2D eigenvalue weighted by Crippen LogP contribution is 2.29. The Bertz CT molecular complexity index is 1080. The summed E-state index contributed by atoms with van der Waals surface area (Å²) in [7, 11) is -2.02. The summed E-state index contributed by atoms with van der Waals surface area (Å²) in [6.45, 7) is 0.374. The maximum Gasteiger partial charge on any atom is 0.229 e. The van der Waals surface area contributed by atoms with Gasteiger partial charge < -0.3 is 20.1 Å². The van der Waals surface area contributed by atoms with Crippen LogP contribution in [0.4, 0.5) is 17.1 Å². The highest BCUT2D eigenvalue weighted by Gasteiger charge is 2.15. The van der Waals surface area contributed by atoms with Gasteiger partial charge in [0.25, 0.3) is 0 Å². The zero-order valence-corrected chi connectivity index (χ0v) is 18.2. The number of carbonyl (C=O) groups excluding carboxylic acids is 2. The van der Waals surface area contributed by atoms with Gasteiger partial charge in [0.15, 0.2) is 0 Å². The lowest BCUT2D eigenvalue weighted by Gasteiger charge is -2.17. The van der Waals surface area contributed by atoms with Crippen LogP contribution in [0.25, 0.3) is 0 Å². The van der Waals surface area contributed by atoms with Crippen LogP contribution < -0.4 is 24.8 Å². The lowest BCUT2D eigenvalue weighted by atomic mass is 10.0. The minimum Gasteiger partial charge on any atom is -0.494 e. The van der Waals surface area contributed by atoms with Crippen LogP contribution in [-0.2, 0) is 26.0 Å². The van der Waals surface area contributed by atoms with Gasteiger partial charge in [-0.2, -0.15) is 0 Å². The van der Waals surface area contributed by atoms with Crippen LogP contribution in [0.3, 0.4) is 0 Å². The van der Waals surface area contributed by atoms with E-state index in [4.69, 9.17) is 9.47 Å². The Hall–Kier alpha value is -3.27. The molecule has 166 valence electrons. The van der Waals surface area contributed by atoms with Crippen molar-refractivity contribution in [2.75, 3.05) is 35.3 Å². The molecule has 0 aliphatic carbocycles. The molecule has 2 aromatic carbocycles. The Kier molecular flexibility index (Phi) is 7.01. The SMILES string of the molecule is COc1cc(NC(=O)CCCOc2ccc3c(c2)CCC(=O)N3)ccc1NS(C)(=O)=O. The van der Waals surface area contributed by atoms with E-state index in [1.54, 1.807) is 18.2 Å². The molecule has 9 nitrogen and oxygen atoms in total. The molecule has 1 aliphatic heterocycles. The number of amides is 2. The molecule has 1 heterocycles. The summed E-state index contributed by atoms with van der Waals surface area (Å²) >= 11 is 0. The monoisotopic (exact) mass is 447 g/mol. The number of methoxy groups -OCH3 is 1. The second-order valence-corrected chi connectivity index (χ2v) is 8.91. The van der Waals surface area contributed by atoms with Crippen molar-refractivity contribution in [3.8, 4) is 11.5 Å². The first-order chi connectivity index (χ1) is 14.7. The summed E-state index contributed by atoms with van der Waals surface area (Å²) in [5, 5.41) is 5.58. The van der Waals surface area contributed by atoms with Crippen LogP contribution in [0.1, 0.15) is 24.8 Å². The molecule has 3 N–H and O–H groups in total. The first-order valence-electron chi connectivity index (χ1n) is 9.75. The second-order valence-electron chi connectivity index (χ2n) is 7.16. The lowest BCUT2D eigenvalue weighted by Crippen LogP contribution is -2.18. The third-order valence-electron chi connectivity index (χ3n) is 4.57. The molecule has 0 fully saturated rings. The minimum atomic E-state index is -3.44. The third kappa shape index (κ3) is 6.61. The highest BCUT2D eigenvalue weighted by atomic mass is 32.2. The number of rotatable bonds is 9. The van der Waals surface area contributed by atoms with E-state index in [0.717, 1.165) is 17.5 Å². The van der Waals surface area contributed by atoms with Gasteiger partial charge in [0.1, 0.15) is 11.5 Å². The number of ether oxygens (including phenoxy) is 2. The number of hydrogen-bond donors (Lipinski definition) is 3. The summed E-state index contributed by atoms with van der Waals surface area (Å²) in [5.74, 6) is 0.831. The number of benzene rings is 2. The summed E-state index contributed by atoms with van der Waals surface area (Å²) in [6.07, 6.45) is 2.97. The van der Waals surface area contributed by atoms with Crippen molar-refractivity contribution < 1.29 is 27.5 Å². The van der Waals surface area contributed by atoms with Gasteiger partial charge in [0, 0.05) is 30.3 Å². The minimum absolute atomic E-state index is 0.0195. The molecule has 0 aromatic heterocycles. The average Bonchev–Trinajstić information content (AvgIpc) is 2.71. The zero-order chi connectivity index (χ0) is 22.4. The van der Waals surface area contributed by atoms with Crippen LogP contribution in [0.5, 0.6) is 11.5 Å². The van der Waals surface area contributed by atoms with Crippen LogP contribution >= 0.6 is 0 Å². The average molecular weight is 448 g/mol. The number of hydrogen-bond acceptors (Lipinski definition) is 6. The largest absolute Gasteiger partial charge is 0.494 e. The van der Waals surface area contributed by atoms with Crippen molar-refractivity contribution in [2.24, 2.45) is 0 Å². The van der Waals surface area contributed by atoms with Gasteiger partial charge in [-0.25, -0.2) is 8.42 Å². The van der Waals surface area contributed by atoms with E-state index in [0.29, 0.717) is 48.7 Å². The van der Waals surface area contributed by atoms with Crippen molar-refractivity contribution in [1.82, 2.24) is 0 Å². The number of aryl methyl sites for hydroxylation is 1. The lowest BCUT2D eigenvalue weighted by molar-refractivity contribution is -0.117. The fourth-order valence-corrected chi connectivity index (χ4v) is 3.72. The maximum absolute atomic E-state index is 12.2. The summed E-state index contributed by atoms with van der Waals surface area (Å²) in [5.41, 5.74) is 2.65. The highest BCUT2D eigenvalue weighted by molar-refractivity contribution is 7.92. The number of anilines is 3. The zero-order valence-electron chi connectivity index (χ0n) is 17.4. The van der Waals surface area contributed by atoms with E-state index in [-0.39, 0.29) is 18.2 Å². The van der Waals surface area contributed by atoms with Gasteiger partial charge in [0.05, 0.1) is 25.7 Å². The number of sulfonamides is 1. The summed E-state index contributed by atoms with van der Waals surface area (Å²) in [4.78, 5) is 23.6. The molecule has 0 saturated heterocycles. The third-order valence-corrected chi connectivity index (χ3v) is 5.16. The molecule has 1 aliphatic rings. The molecule has 31 heavy (non-hydrogen) atoms. The van der Waals surface area contributed by atoms with E-state index in [1.807, 2.05) is 12.1 Å². The number of fused-ring (bicyclic) bond motifs is 1. The molecular formula is C21H25N3O6S. The van der Waals surface area contributed by atoms with Crippen molar-refractivity contribution in [3.05, 3.63) is 42.0 Å². The molecule has 0 spiro atoms. The van der Waals surface area contributed by atoms with E-state index in [2.05, 4.69) is 15.4 Å². The van der Waals surface area contributed by atoms with Crippen LogP contribution in [0.15, 0.2) is 36.4 Å². The fourth-order valence-electron chi connectivity index (χ4n) is 3.15.